The number of hydrogen-bond acceptors (Lipinski definition) is 0. The molecule has 5 rings (SSSR count). The Labute approximate surface area is 189 Å². The molecular formula is C25H23Cl2NTi-2. The van der Waals surface area contributed by atoms with Gasteiger partial charge in [-0.05, 0) is 23.2 Å². The fourth-order valence-corrected chi connectivity index (χ4v) is 3.47. The summed E-state index contributed by atoms with van der Waals surface area (Å²) in [4.78, 5) is 0. The number of rotatable bonds is 3. The Morgan fingerprint density at radius 3 is 2.45 bits per heavy atom. The number of nitrogens with zero attached hydrogens (tertiary/aromatic N) is 1. The number of aromatic nitrogens is 1. The van der Waals surface area contributed by atoms with Gasteiger partial charge in [0, 0.05) is 6.20 Å². The Balaban J connectivity index is 0.000000183. The maximum atomic E-state index is 4.89. The molecule has 0 atom stereocenters. The van der Waals surface area contributed by atoms with Crippen molar-refractivity contribution in [3.63, 3.8) is 0 Å². The molecule has 4 heteroatoms. The van der Waals surface area contributed by atoms with E-state index in [2.05, 4.69) is 103 Å². The van der Waals surface area contributed by atoms with E-state index in [1.807, 2.05) is 0 Å². The number of para-hydroxylation sites is 1. The standard InChI is InChI=1S/C17H12N.C8H11.2ClH.Ti/c1-2-7-15-12-16(11-14(15)6-1)18-10-9-13-5-3-4-8-17(13)18;1-2-5-8-6-3-4-7-8;;;/h1-12H;3,6H,2,4-5H2,1H3;2*1H;/q2*-1;;;+2/p-2. The van der Waals surface area contributed by atoms with Crippen LogP contribution in [0.4, 0.5) is 0 Å². The predicted molar refractivity (Wildman–Crippen MR) is 124 cm³/mol. The molecule has 0 fully saturated rings. The van der Waals surface area contributed by atoms with Crippen molar-refractivity contribution in [3.8, 4) is 5.69 Å². The van der Waals surface area contributed by atoms with Gasteiger partial charge in [0.1, 0.15) is 0 Å². The van der Waals surface area contributed by atoms with E-state index >= 15 is 0 Å². The quantitative estimate of drug-likeness (QED) is 0.216. The number of hydrogen-bond donors (Lipinski definition) is 0. The van der Waals surface area contributed by atoms with E-state index in [9.17, 15) is 0 Å². The first kappa shape index (κ1) is 22.1. The van der Waals surface area contributed by atoms with Crippen molar-refractivity contribution in [2.75, 3.05) is 0 Å². The Morgan fingerprint density at radius 2 is 1.76 bits per heavy atom. The summed E-state index contributed by atoms with van der Waals surface area (Å²) in [6.07, 6.45) is 13.2. The molecule has 148 valence electrons. The topological polar surface area (TPSA) is 4.93 Å². The van der Waals surface area contributed by atoms with Crippen LogP contribution < -0.4 is 0 Å². The van der Waals surface area contributed by atoms with Crippen molar-refractivity contribution in [2.45, 2.75) is 26.2 Å². The van der Waals surface area contributed by atoms with E-state index in [0.717, 1.165) is 6.42 Å². The average Bonchev–Trinajstić information content (AvgIpc) is 3.48. The summed E-state index contributed by atoms with van der Waals surface area (Å²) in [6, 6.07) is 23.6. The maximum Gasteiger partial charge on any atom is 0.0511 e. The fourth-order valence-electron chi connectivity index (χ4n) is 3.47. The van der Waals surface area contributed by atoms with Gasteiger partial charge in [0.25, 0.3) is 0 Å². The van der Waals surface area contributed by atoms with Gasteiger partial charge >= 0.3 is 35.6 Å². The summed E-state index contributed by atoms with van der Waals surface area (Å²) >= 11 is -0.556. The third kappa shape index (κ3) is 5.93. The Bertz CT molecular complexity index is 1070. The van der Waals surface area contributed by atoms with Crippen LogP contribution in [0.5, 0.6) is 0 Å². The zero-order chi connectivity index (χ0) is 20.5. The molecule has 0 radical (unpaired) electrons. The minimum absolute atomic E-state index is 0.556. The Morgan fingerprint density at radius 1 is 1.03 bits per heavy atom. The van der Waals surface area contributed by atoms with E-state index in [4.69, 9.17) is 18.6 Å². The number of benzene rings is 2. The van der Waals surface area contributed by atoms with Gasteiger partial charge in [-0.15, -0.1) is 47.5 Å². The molecule has 0 N–H and O–H groups in total. The third-order valence-corrected chi connectivity index (χ3v) is 4.77. The minimum Gasteiger partial charge on any atom is -0.335 e. The SMILES string of the molecule is CCCC1=[C-]CC=C1.[Cl][Ti][Cl].c1ccc2[cH-]c(-n3ccc4ccccc43)cc2c1. The molecule has 0 amide bonds. The van der Waals surface area contributed by atoms with Gasteiger partial charge in [0.05, 0.1) is 5.52 Å². The van der Waals surface area contributed by atoms with Crippen molar-refractivity contribution in [1.82, 2.24) is 4.57 Å². The molecule has 1 nitrogen and oxygen atoms in total. The molecule has 0 aliphatic heterocycles. The van der Waals surface area contributed by atoms with Crippen LogP contribution in [0.1, 0.15) is 26.2 Å². The van der Waals surface area contributed by atoms with Gasteiger partial charge in [0.2, 0.25) is 0 Å². The van der Waals surface area contributed by atoms with Crippen LogP contribution in [-0.4, -0.2) is 4.57 Å². The fraction of sp³-hybridized carbons (Fsp3) is 0.160. The van der Waals surface area contributed by atoms with Crippen LogP contribution in [0, 0.1) is 6.08 Å². The van der Waals surface area contributed by atoms with Crippen molar-refractivity contribution in [3.05, 3.63) is 96.7 Å². The van der Waals surface area contributed by atoms with Gasteiger partial charge in [-0.2, -0.15) is 6.08 Å². The first-order valence-corrected chi connectivity index (χ1v) is 14.0. The first-order chi connectivity index (χ1) is 14.3. The van der Waals surface area contributed by atoms with Crippen molar-refractivity contribution >= 4 is 40.3 Å². The van der Waals surface area contributed by atoms with Crippen molar-refractivity contribution in [2.24, 2.45) is 0 Å². The zero-order valence-electron chi connectivity index (χ0n) is 16.4. The van der Waals surface area contributed by atoms with Gasteiger partial charge < -0.3 is 4.57 Å². The number of halogens is 2. The second-order valence-electron chi connectivity index (χ2n) is 6.72. The summed E-state index contributed by atoms with van der Waals surface area (Å²) in [7, 11) is 9.78. The molecule has 1 aliphatic rings. The minimum atomic E-state index is -0.556. The summed E-state index contributed by atoms with van der Waals surface area (Å²) in [5, 5.41) is 3.87. The van der Waals surface area contributed by atoms with Gasteiger partial charge in [0.15, 0.2) is 0 Å². The Kier molecular flexibility index (Phi) is 8.77. The summed E-state index contributed by atoms with van der Waals surface area (Å²) < 4.78 is 2.25. The van der Waals surface area contributed by atoms with Gasteiger partial charge in [-0.25, -0.2) is 11.6 Å². The average molecular weight is 456 g/mol. The second kappa shape index (κ2) is 11.5. The largest absolute Gasteiger partial charge is 0.335 e. The van der Waals surface area contributed by atoms with Crippen LogP contribution in [0.3, 0.4) is 0 Å². The zero-order valence-corrected chi connectivity index (χ0v) is 19.5. The normalized spacial score (nSPS) is 12.2. The molecule has 0 saturated carbocycles. The summed E-state index contributed by atoms with van der Waals surface area (Å²) in [5.74, 6) is 0. The van der Waals surface area contributed by atoms with Crippen LogP contribution in [0.2, 0.25) is 0 Å². The van der Waals surface area contributed by atoms with E-state index in [1.54, 1.807) is 0 Å². The van der Waals surface area contributed by atoms with E-state index in [-0.39, 0.29) is 0 Å². The molecule has 1 heterocycles. The van der Waals surface area contributed by atoms with Crippen LogP contribution in [-0.2, 0) is 17.0 Å². The molecule has 4 aromatic rings. The maximum absolute atomic E-state index is 4.89. The van der Waals surface area contributed by atoms with E-state index < -0.39 is 17.0 Å². The van der Waals surface area contributed by atoms with Crippen molar-refractivity contribution < 1.29 is 17.0 Å². The van der Waals surface area contributed by atoms with E-state index in [0.29, 0.717) is 0 Å². The molecule has 1 aliphatic carbocycles. The van der Waals surface area contributed by atoms with Crippen molar-refractivity contribution in [1.29, 1.82) is 0 Å². The van der Waals surface area contributed by atoms with Crippen LogP contribution in [0.25, 0.3) is 27.4 Å². The number of allylic oxidation sites excluding steroid dienone is 4. The van der Waals surface area contributed by atoms with Crippen LogP contribution >= 0.6 is 18.6 Å². The van der Waals surface area contributed by atoms with Crippen LogP contribution in [0.15, 0.2) is 90.7 Å². The molecular weight excluding hydrogens is 433 g/mol. The van der Waals surface area contributed by atoms with E-state index in [1.165, 1.54) is 45.8 Å². The molecule has 29 heavy (non-hydrogen) atoms. The molecule has 0 bridgehead atoms. The molecule has 0 saturated heterocycles. The van der Waals surface area contributed by atoms with Gasteiger partial charge in [-0.1, -0.05) is 44.0 Å². The molecule has 3 aromatic carbocycles. The molecule has 0 spiro atoms. The Hall–Kier alpha value is -1.64. The predicted octanol–water partition coefficient (Wildman–Crippen LogP) is 8.36. The number of fused-ring (bicyclic) bond motifs is 2. The summed E-state index contributed by atoms with van der Waals surface area (Å²) in [5.41, 5.74) is 3.89. The monoisotopic (exact) mass is 455 g/mol. The molecule has 1 aromatic heterocycles. The first-order valence-electron chi connectivity index (χ1n) is 9.71. The summed E-state index contributed by atoms with van der Waals surface area (Å²) in [6.45, 7) is 2.20. The second-order valence-corrected chi connectivity index (χ2v) is 9.30. The van der Waals surface area contributed by atoms with Gasteiger partial charge in [-0.3, -0.25) is 6.08 Å². The third-order valence-electron chi connectivity index (χ3n) is 4.77. The smallest absolute Gasteiger partial charge is 0.0511 e. The molecule has 0 unspecified atom stereocenters.